The molecule has 0 saturated heterocycles. The lowest BCUT2D eigenvalue weighted by atomic mass is 10.1. The first kappa shape index (κ1) is 8.86. The molecule has 0 radical (unpaired) electrons. The van der Waals surface area contributed by atoms with Gasteiger partial charge in [-0.1, -0.05) is 43.0 Å². The summed E-state index contributed by atoms with van der Waals surface area (Å²) in [6.45, 7) is -2.95. The van der Waals surface area contributed by atoms with Crippen LogP contribution in [0.2, 0.25) is 0 Å². The summed E-state index contributed by atoms with van der Waals surface area (Å²) < 4.78 is 45.4. The van der Waals surface area contributed by atoms with Crippen molar-refractivity contribution in [2.75, 3.05) is 31.9 Å². The molecule has 2 aromatic rings. The number of nitrogens with zero attached hydrogens (tertiary/aromatic N) is 2. The van der Waals surface area contributed by atoms with Crippen LogP contribution in [0.25, 0.3) is 0 Å². The van der Waals surface area contributed by atoms with Crippen molar-refractivity contribution in [3.63, 3.8) is 0 Å². The summed E-state index contributed by atoms with van der Waals surface area (Å²) in [5.74, 6) is -0.171. The number of hydrogen-bond donors (Lipinski definition) is 0. The molecule has 2 nitrogen and oxygen atoms in total. The van der Waals surface area contributed by atoms with E-state index in [9.17, 15) is 0 Å². The van der Waals surface area contributed by atoms with E-state index >= 15 is 0 Å². The van der Waals surface area contributed by atoms with Crippen LogP contribution in [0, 0.1) is 5.92 Å². The fourth-order valence-corrected chi connectivity index (χ4v) is 3.75. The van der Waals surface area contributed by atoms with Crippen LogP contribution in [0.1, 0.15) is 15.1 Å². The van der Waals surface area contributed by atoms with Crippen molar-refractivity contribution in [3.05, 3.63) is 48.5 Å². The molecular weight excluding hydrogens is 276 g/mol. The molecule has 3 heteroatoms. The van der Waals surface area contributed by atoms with Crippen LogP contribution in [0.5, 0.6) is 0 Å². The topological polar surface area (TPSA) is 6.48 Å². The Hall–Kier alpha value is -1.45. The second kappa shape index (κ2) is 6.12. The van der Waals surface area contributed by atoms with Crippen LogP contribution in [-0.4, -0.2) is 31.9 Å². The first-order chi connectivity index (χ1) is 12.6. The SMILES string of the molecule is [2H]C([2H])([2H])N(CC(C)CN1c2ccccc2Sc2ccccc21)C([2H])([2H])[2H]. The number of anilines is 2. The Morgan fingerprint density at radius 1 is 1.05 bits per heavy atom. The summed E-state index contributed by atoms with van der Waals surface area (Å²) >= 11 is 1.70. The van der Waals surface area contributed by atoms with Crippen molar-refractivity contribution in [1.82, 2.24) is 4.90 Å². The summed E-state index contributed by atoms with van der Waals surface area (Å²) in [4.78, 5) is 5.06. The monoisotopic (exact) mass is 304 g/mol. The average Bonchev–Trinajstić information content (AvgIpc) is 2.57. The summed E-state index contributed by atoms with van der Waals surface area (Å²) in [6, 6.07) is 16.1. The van der Waals surface area contributed by atoms with Gasteiger partial charge >= 0.3 is 0 Å². The predicted molar refractivity (Wildman–Crippen MR) is 91.7 cm³/mol. The lowest BCUT2D eigenvalue weighted by molar-refractivity contribution is 0.343. The number of para-hydroxylation sites is 2. The molecule has 110 valence electrons. The normalized spacial score (nSPS) is 20.2. The van der Waals surface area contributed by atoms with Crippen molar-refractivity contribution in [1.29, 1.82) is 0 Å². The van der Waals surface area contributed by atoms with Crippen LogP contribution < -0.4 is 4.90 Å². The van der Waals surface area contributed by atoms with E-state index in [1.165, 1.54) is 0 Å². The van der Waals surface area contributed by atoms with Gasteiger partial charge in [-0.25, -0.2) is 0 Å². The largest absolute Gasteiger partial charge is 0.339 e. The van der Waals surface area contributed by atoms with Gasteiger partial charge in [0.1, 0.15) is 0 Å². The number of benzene rings is 2. The third-order valence-electron chi connectivity index (χ3n) is 3.52. The minimum Gasteiger partial charge on any atom is -0.339 e. The van der Waals surface area contributed by atoms with E-state index in [0.29, 0.717) is 11.4 Å². The predicted octanol–water partition coefficient (Wildman–Crippen LogP) is 4.49. The van der Waals surface area contributed by atoms with Crippen LogP contribution >= 0.6 is 11.8 Å². The molecule has 1 atom stereocenters. The van der Waals surface area contributed by atoms with E-state index in [2.05, 4.69) is 17.0 Å². The minimum absolute atomic E-state index is 0.0407. The van der Waals surface area contributed by atoms with E-state index in [1.807, 2.05) is 43.3 Å². The molecule has 0 aliphatic carbocycles. The average molecular weight is 304 g/mol. The molecule has 2 aromatic carbocycles. The molecule has 0 amide bonds. The van der Waals surface area contributed by atoms with Crippen molar-refractivity contribution in [2.24, 2.45) is 5.92 Å². The van der Waals surface area contributed by atoms with Gasteiger partial charge in [0.15, 0.2) is 0 Å². The zero-order valence-corrected chi connectivity index (χ0v) is 12.7. The maximum absolute atomic E-state index is 7.57. The van der Waals surface area contributed by atoms with Crippen LogP contribution in [0.15, 0.2) is 58.3 Å². The zero-order chi connectivity index (χ0) is 19.8. The molecular formula is C18H22N2S. The Bertz CT molecular complexity index is 745. The van der Waals surface area contributed by atoms with Gasteiger partial charge in [-0.3, -0.25) is 0 Å². The van der Waals surface area contributed by atoms with Gasteiger partial charge in [-0.15, -0.1) is 0 Å². The van der Waals surface area contributed by atoms with E-state index in [0.717, 1.165) is 21.2 Å². The molecule has 0 spiro atoms. The van der Waals surface area contributed by atoms with Gasteiger partial charge in [0.25, 0.3) is 0 Å². The van der Waals surface area contributed by atoms with E-state index < -0.39 is 14.0 Å². The van der Waals surface area contributed by atoms with Gasteiger partial charge in [-0.05, 0) is 44.1 Å². The summed E-state index contributed by atoms with van der Waals surface area (Å²) in [5.41, 5.74) is 2.12. The smallest absolute Gasteiger partial charge is 0.0552 e. The molecule has 0 saturated carbocycles. The third kappa shape index (κ3) is 3.09. The molecule has 0 fully saturated rings. The van der Waals surface area contributed by atoms with Crippen molar-refractivity contribution >= 4 is 23.1 Å². The van der Waals surface area contributed by atoms with E-state index in [4.69, 9.17) is 8.22 Å². The first-order valence-corrected chi connectivity index (χ1v) is 7.80. The fraction of sp³-hybridized carbons (Fsp3) is 0.333. The Labute approximate surface area is 140 Å². The van der Waals surface area contributed by atoms with Gasteiger partial charge in [0, 0.05) is 31.1 Å². The maximum Gasteiger partial charge on any atom is 0.0552 e. The van der Waals surface area contributed by atoms with Gasteiger partial charge in [0.2, 0.25) is 0 Å². The molecule has 3 rings (SSSR count). The van der Waals surface area contributed by atoms with E-state index in [1.54, 1.807) is 11.8 Å². The standard InChI is InChI=1S/C18H22N2S/c1-14(12-19(2)3)13-20-15-8-4-6-10-17(15)21-18-11-7-5-9-16(18)20/h4-11,14H,12-13H2,1-3H3/i2D3,3D3. The second-order valence-electron chi connectivity index (χ2n) is 5.36. The molecule has 0 N–H and O–H groups in total. The summed E-state index contributed by atoms with van der Waals surface area (Å²) in [7, 11) is 0. The molecule has 0 aromatic heterocycles. The van der Waals surface area contributed by atoms with Crippen LogP contribution in [-0.2, 0) is 0 Å². The Morgan fingerprint density at radius 3 is 2.19 bits per heavy atom. The van der Waals surface area contributed by atoms with Crippen molar-refractivity contribution < 1.29 is 8.22 Å². The maximum atomic E-state index is 7.57. The highest BCUT2D eigenvalue weighted by Crippen LogP contribution is 2.47. The minimum atomic E-state index is -2.66. The fourth-order valence-electron chi connectivity index (χ4n) is 2.66. The molecule has 1 aliphatic heterocycles. The second-order valence-corrected chi connectivity index (χ2v) is 6.45. The number of fused-ring (bicyclic) bond motifs is 2. The lowest BCUT2D eigenvalue weighted by Crippen LogP contribution is -2.31. The highest BCUT2D eigenvalue weighted by atomic mass is 32.2. The quantitative estimate of drug-likeness (QED) is 0.822. The number of hydrogen-bond acceptors (Lipinski definition) is 3. The molecule has 1 heterocycles. The van der Waals surface area contributed by atoms with Crippen LogP contribution in [0.4, 0.5) is 11.4 Å². The van der Waals surface area contributed by atoms with E-state index in [-0.39, 0.29) is 12.5 Å². The molecule has 1 unspecified atom stereocenters. The van der Waals surface area contributed by atoms with Gasteiger partial charge in [0.05, 0.1) is 11.4 Å². The molecule has 0 bridgehead atoms. The molecule has 1 aliphatic rings. The Balaban J connectivity index is 1.87. The third-order valence-corrected chi connectivity index (χ3v) is 4.65. The summed E-state index contributed by atoms with van der Waals surface area (Å²) in [6.07, 6.45) is 0. The lowest BCUT2D eigenvalue weighted by Gasteiger charge is -2.35. The highest BCUT2D eigenvalue weighted by Gasteiger charge is 2.23. The zero-order valence-electron chi connectivity index (χ0n) is 17.9. The number of rotatable bonds is 4. The van der Waals surface area contributed by atoms with Gasteiger partial charge in [-0.2, -0.15) is 0 Å². The Morgan fingerprint density at radius 2 is 1.62 bits per heavy atom. The summed E-state index contributed by atoms with van der Waals surface area (Å²) in [5, 5.41) is 0. The molecule has 21 heavy (non-hydrogen) atoms. The Kier molecular flexibility index (Phi) is 2.58. The van der Waals surface area contributed by atoms with Crippen molar-refractivity contribution in [3.8, 4) is 0 Å². The van der Waals surface area contributed by atoms with Gasteiger partial charge < -0.3 is 9.80 Å². The highest BCUT2D eigenvalue weighted by molar-refractivity contribution is 7.99. The first-order valence-electron chi connectivity index (χ1n) is 9.98. The van der Waals surface area contributed by atoms with Crippen LogP contribution in [0.3, 0.4) is 0 Å². The van der Waals surface area contributed by atoms with Crippen molar-refractivity contribution in [2.45, 2.75) is 16.7 Å².